The van der Waals surface area contributed by atoms with Gasteiger partial charge in [-0.1, -0.05) is 12.1 Å². The summed E-state index contributed by atoms with van der Waals surface area (Å²) in [7, 11) is 0. The van der Waals surface area contributed by atoms with Gasteiger partial charge in [-0.15, -0.1) is 0 Å². The lowest BCUT2D eigenvalue weighted by Crippen LogP contribution is -1.94. The highest BCUT2D eigenvalue weighted by molar-refractivity contribution is 7.05. The minimum Gasteiger partial charge on any atom is -0.209 e. The van der Waals surface area contributed by atoms with E-state index in [1.54, 1.807) is 0 Å². The van der Waals surface area contributed by atoms with Crippen LogP contribution >= 0.6 is 23.1 Å². The Morgan fingerprint density at radius 1 is 1.33 bits per heavy atom. The van der Waals surface area contributed by atoms with Crippen LogP contribution in [0, 0.1) is 11.6 Å². The number of hydrogen-bond donors (Lipinski definition) is 0. The zero-order valence-corrected chi connectivity index (χ0v) is 8.95. The molecule has 0 amide bonds. The largest absolute Gasteiger partial charge is 0.234 e. The molecular weight excluding hydrogens is 242 g/mol. The lowest BCUT2D eigenvalue weighted by molar-refractivity contribution is 0.500. The van der Waals surface area contributed by atoms with E-state index in [0.29, 0.717) is 5.01 Å². The average Bonchev–Trinajstić information content (AvgIpc) is 2.59. The third-order valence-corrected chi connectivity index (χ3v) is 2.80. The van der Waals surface area contributed by atoms with E-state index in [0.717, 1.165) is 17.6 Å². The number of aromatic nitrogens is 2. The summed E-state index contributed by atoms with van der Waals surface area (Å²) in [5.74, 6) is -1.70. The lowest BCUT2D eigenvalue weighted by Gasteiger charge is -2.00. The van der Waals surface area contributed by atoms with Crippen molar-refractivity contribution in [1.29, 1.82) is 0 Å². The number of benzene rings is 1. The van der Waals surface area contributed by atoms with Crippen molar-refractivity contribution in [2.45, 2.75) is 6.42 Å². The minimum atomic E-state index is -0.858. The molecule has 0 saturated carbocycles. The smallest absolute Gasteiger partial charge is 0.209 e. The summed E-state index contributed by atoms with van der Waals surface area (Å²) in [4.78, 5) is 3.86. The van der Waals surface area contributed by atoms with E-state index in [1.807, 2.05) is 0 Å². The molecule has 1 aromatic heterocycles. The molecule has 0 unspecified atom stereocenters. The maximum Gasteiger partial charge on any atom is 0.234 e. The van der Waals surface area contributed by atoms with Crippen molar-refractivity contribution in [3.8, 4) is 0 Å². The van der Waals surface area contributed by atoms with Crippen LogP contribution in [0.15, 0.2) is 18.2 Å². The molecule has 0 aliphatic rings. The Morgan fingerprint density at radius 3 is 2.80 bits per heavy atom. The van der Waals surface area contributed by atoms with Crippen LogP contribution in [0.2, 0.25) is 5.28 Å². The van der Waals surface area contributed by atoms with Crippen LogP contribution in [0.5, 0.6) is 0 Å². The van der Waals surface area contributed by atoms with Crippen LogP contribution in [0.4, 0.5) is 8.78 Å². The second kappa shape index (κ2) is 4.20. The summed E-state index contributed by atoms with van der Waals surface area (Å²) in [6, 6.07) is 4.04. The molecule has 0 radical (unpaired) electrons. The Labute approximate surface area is 93.7 Å². The molecule has 78 valence electrons. The van der Waals surface area contributed by atoms with Crippen LogP contribution in [0.1, 0.15) is 10.6 Å². The van der Waals surface area contributed by atoms with Crippen LogP contribution in [-0.4, -0.2) is 9.36 Å². The van der Waals surface area contributed by atoms with Gasteiger partial charge in [0.1, 0.15) is 5.01 Å². The SMILES string of the molecule is Fc1cccc(Cc2nc(Cl)ns2)c1F. The molecule has 0 spiro atoms. The van der Waals surface area contributed by atoms with E-state index in [9.17, 15) is 8.78 Å². The first-order chi connectivity index (χ1) is 7.16. The molecular formula is C9H5ClF2N2S. The van der Waals surface area contributed by atoms with Crippen LogP contribution in [-0.2, 0) is 6.42 Å². The molecule has 1 aromatic carbocycles. The van der Waals surface area contributed by atoms with E-state index < -0.39 is 11.6 Å². The fourth-order valence-corrected chi connectivity index (χ4v) is 1.98. The van der Waals surface area contributed by atoms with Crippen LogP contribution in [0.25, 0.3) is 0 Å². The van der Waals surface area contributed by atoms with Crippen LogP contribution < -0.4 is 0 Å². The molecule has 2 nitrogen and oxygen atoms in total. The van der Waals surface area contributed by atoms with Crippen molar-refractivity contribution >= 4 is 23.1 Å². The average molecular weight is 247 g/mol. The van der Waals surface area contributed by atoms with E-state index >= 15 is 0 Å². The van der Waals surface area contributed by atoms with E-state index in [2.05, 4.69) is 9.36 Å². The predicted molar refractivity (Wildman–Crippen MR) is 54.1 cm³/mol. The first kappa shape index (κ1) is 10.4. The van der Waals surface area contributed by atoms with E-state index in [4.69, 9.17) is 11.6 Å². The summed E-state index contributed by atoms with van der Waals surface area (Å²) in [5.41, 5.74) is 0.253. The standard InChI is InChI=1S/C9H5ClF2N2S/c10-9-13-7(15-14-9)4-5-2-1-3-6(11)8(5)12/h1-3H,4H2. The monoisotopic (exact) mass is 246 g/mol. The van der Waals surface area contributed by atoms with Crippen molar-refractivity contribution in [2.24, 2.45) is 0 Å². The van der Waals surface area contributed by atoms with Gasteiger partial charge in [-0.25, -0.2) is 13.8 Å². The molecule has 0 aliphatic heterocycles. The van der Waals surface area contributed by atoms with Gasteiger partial charge in [-0.05, 0) is 34.8 Å². The molecule has 0 saturated heterocycles. The van der Waals surface area contributed by atoms with Gasteiger partial charge in [0.05, 0.1) is 0 Å². The zero-order chi connectivity index (χ0) is 10.8. The molecule has 2 rings (SSSR count). The quantitative estimate of drug-likeness (QED) is 0.814. The Morgan fingerprint density at radius 2 is 2.13 bits per heavy atom. The molecule has 2 aromatic rings. The molecule has 0 N–H and O–H groups in total. The number of halogens is 3. The molecule has 0 aliphatic carbocycles. The highest BCUT2D eigenvalue weighted by Crippen LogP contribution is 2.18. The van der Waals surface area contributed by atoms with Gasteiger partial charge in [0.2, 0.25) is 5.28 Å². The molecule has 1 heterocycles. The van der Waals surface area contributed by atoms with Crippen molar-refractivity contribution in [3.05, 3.63) is 45.7 Å². The zero-order valence-electron chi connectivity index (χ0n) is 7.38. The minimum absolute atomic E-state index is 0.131. The maximum absolute atomic E-state index is 13.2. The highest BCUT2D eigenvalue weighted by Gasteiger charge is 2.10. The van der Waals surface area contributed by atoms with Crippen molar-refractivity contribution in [3.63, 3.8) is 0 Å². The summed E-state index contributed by atoms with van der Waals surface area (Å²) in [5, 5.41) is 0.691. The Hall–Kier alpha value is -1.07. The van der Waals surface area contributed by atoms with Gasteiger partial charge in [0, 0.05) is 6.42 Å². The molecule has 15 heavy (non-hydrogen) atoms. The van der Waals surface area contributed by atoms with E-state index in [1.165, 1.54) is 12.1 Å². The van der Waals surface area contributed by atoms with Gasteiger partial charge in [-0.2, -0.15) is 4.37 Å². The molecule has 0 bridgehead atoms. The van der Waals surface area contributed by atoms with Gasteiger partial charge >= 0.3 is 0 Å². The second-order valence-electron chi connectivity index (χ2n) is 2.85. The topological polar surface area (TPSA) is 25.8 Å². The lowest BCUT2D eigenvalue weighted by atomic mass is 10.1. The number of rotatable bonds is 2. The summed E-state index contributed by atoms with van der Waals surface area (Å²) >= 11 is 6.59. The fraction of sp³-hybridized carbons (Fsp3) is 0.111. The summed E-state index contributed by atoms with van der Waals surface area (Å²) < 4.78 is 29.8. The van der Waals surface area contributed by atoms with Crippen molar-refractivity contribution in [1.82, 2.24) is 9.36 Å². The summed E-state index contributed by atoms with van der Waals surface area (Å²) in [6.45, 7) is 0. The Balaban J connectivity index is 2.28. The third-order valence-electron chi connectivity index (χ3n) is 1.82. The molecule has 0 fully saturated rings. The Bertz CT molecular complexity index is 487. The third kappa shape index (κ3) is 2.30. The predicted octanol–water partition coefficient (Wildman–Crippen LogP) is 3.06. The number of hydrogen-bond acceptors (Lipinski definition) is 3. The van der Waals surface area contributed by atoms with Crippen molar-refractivity contribution in [2.75, 3.05) is 0 Å². The summed E-state index contributed by atoms with van der Waals surface area (Å²) in [6.07, 6.45) is 0.202. The normalized spacial score (nSPS) is 10.6. The second-order valence-corrected chi connectivity index (χ2v) is 4.02. The van der Waals surface area contributed by atoms with Gasteiger partial charge < -0.3 is 0 Å². The van der Waals surface area contributed by atoms with E-state index in [-0.39, 0.29) is 17.3 Å². The highest BCUT2D eigenvalue weighted by atomic mass is 35.5. The first-order valence-corrected chi connectivity index (χ1v) is 5.23. The fourth-order valence-electron chi connectivity index (χ4n) is 1.15. The molecule has 6 heteroatoms. The Kier molecular flexibility index (Phi) is 2.93. The first-order valence-electron chi connectivity index (χ1n) is 4.08. The van der Waals surface area contributed by atoms with Gasteiger partial charge in [-0.3, -0.25) is 0 Å². The maximum atomic E-state index is 13.2. The van der Waals surface area contributed by atoms with Gasteiger partial charge in [0.25, 0.3) is 0 Å². The molecule has 0 atom stereocenters. The van der Waals surface area contributed by atoms with Gasteiger partial charge in [0.15, 0.2) is 11.6 Å². The number of nitrogens with zero attached hydrogens (tertiary/aromatic N) is 2. The van der Waals surface area contributed by atoms with Crippen molar-refractivity contribution < 1.29 is 8.78 Å². The van der Waals surface area contributed by atoms with Crippen LogP contribution in [0.3, 0.4) is 0 Å².